The topological polar surface area (TPSA) is 64.4 Å². The summed E-state index contributed by atoms with van der Waals surface area (Å²) < 4.78 is 0. The Hall–Kier alpha value is -0.830. The predicted octanol–water partition coefficient (Wildman–Crippen LogP) is -0.412. The Bertz CT molecular complexity index is 137. The van der Waals surface area contributed by atoms with Gasteiger partial charge in [0.05, 0.1) is 0 Å². The zero-order valence-corrected chi connectivity index (χ0v) is 4.54. The van der Waals surface area contributed by atoms with Crippen LogP contribution in [0, 0.1) is 0 Å². The summed E-state index contributed by atoms with van der Waals surface area (Å²) in [5.74, 6) is 0.531. The molecule has 0 radical (unpaired) electrons. The van der Waals surface area contributed by atoms with Crippen molar-refractivity contribution in [2.24, 2.45) is 16.5 Å². The third-order valence-corrected chi connectivity index (χ3v) is 0.981. The van der Waals surface area contributed by atoms with Gasteiger partial charge >= 0.3 is 0 Å². The van der Waals surface area contributed by atoms with Crippen molar-refractivity contribution in [2.45, 2.75) is 12.6 Å². The van der Waals surface area contributed by atoms with Crippen molar-refractivity contribution in [3.05, 3.63) is 12.2 Å². The van der Waals surface area contributed by atoms with Gasteiger partial charge in [0.25, 0.3) is 0 Å². The molecule has 1 heterocycles. The number of hydrogen-bond donors (Lipinski definition) is 2. The molecule has 1 rings (SSSR count). The van der Waals surface area contributed by atoms with Gasteiger partial charge < -0.3 is 11.5 Å². The number of dihydropyridines is 1. The number of amidine groups is 1. The molecule has 0 amide bonds. The minimum absolute atomic E-state index is 0.111. The van der Waals surface area contributed by atoms with E-state index in [-0.39, 0.29) is 6.17 Å². The van der Waals surface area contributed by atoms with E-state index < -0.39 is 0 Å². The first-order chi connectivity index (χ1) is 3.79. The van der Waals surface area contributed by atoms with E-state index in [1.54, 1.807) is 6.08 Å². The van der Waals surface area contributed by atoms with Crippen LogP contribution in [0.1, 0.15) is 6.42 Å². The molecular weight excluding hydrogens is 102 g/mol. The zero-order valence-electron chi connectivity index (χ0n) is 4.54. The van der Waals surface area contributed by atoms with Gasteiger partial charge in [-0.05, 0) is 6.08 Å². The average Bonchev–Trinajstić information content (AvgIpc) is 1.64. The minimum Gasteiger partial charge on any atom is -0.384 e. The predicted molar refractivity (Wildman–Crippen MR) is 33.4 cm³/mol. The molecule has 1 unspecified atom stereocenters. The summed E-state index contributed by atoms with van der Waals surface area (Å²) in [6, 6.07) is 0. The van der Waals surface area contributed by atoms with Crippen LogP contribution in [-0.2, 0) is 0 Å². The SMILES string of the molecule is NC1=NC(N)CC=C1. The average molecular weight is 111 g/mol. The number of hydrogen-bond acceptors (Lipinski definition) is 3. The van der Waals surface area contributed by atoms with Crippen molar-refractivity contribution in [3.63, 3.8) is 0 Å². The number of nitrogens with zero attached hydrogens (tertiary/aromatic N) is 1. The molecule has 0 aromatic heterocycles. The van der Waals surface area contributed by atoms with E-state index in [1.165, 1.54) is 0 Å². The van der Waals surface area contributed by atoms with Crippen LogP contribution in [0.15, 0.2) is 17.1 Å². The Morgan fingerprint density at radius 2 is 2.50 bits per heavy atom. The maximum absolute atomic E-state index is 5.41. The van der Waals surface area contributed by atoms with E-state index in [0.29, 0.717) is 5.84 Å². The molecule has 4 N–H and O–H groups in total. The van der Waals surface area contributed by atoms with Crippen molar-refractivity contribution >= 4 is 5.84 Å². The maximum atomic E-state index is 5.41. The van der Waals surface area contributed by atoms with Crippen molar-refractivity contribution in [1.82, 2.24) is 0 Å². The third kappa shape index (κ3) is 1.07. The maximum Gasteiger partial charge on any atom is 0.119 e. The number of nitrogens with two attached hydrogens (primary N) is 2. The Morgan fingerprint density at radius 3 is 2.88 bits per heavy atom. The van der Waals surface area contributed by atoms with E-state index >= 15 is 0 Å². The highest BCUT2D eigenvalue weighted by molar-refractivity contribution is 5.92. The molecule has 1 aliphatic heterocycles. The molecule has 0 aromatic carbocycles. The minimum atomic E-state index is -0.111. The van der Waals surface area contributed by atoms with Crippen LogP contribution in [-0.4, -0.2) is 12.0 Å². The smallest absolute Gasteiger partial charge is 0.119 e. The van der Waals surface area contributed by atoms with Crippen LogP contribution in [0.5, 0.6) is 0 Å². The summed E-state index contributed by atoms with van der Waals surface area (Å²) in [4.78, 5) is 3.87. The van der Waals surface area contributed by atoms with Crippen molar-refractivity contribution in [2.75, 3.05) is 0 Å². The van der Waals surface area contributed by atoms with Gasteiger partial charge in [0, 0.05) is 6.42 Å². The lowest BCUT2D eigenvalue weighted by molar-refractivity contribution is 0.715. The molecule has 0 bridgehead atoms. The molecule has 0 saturated heterocycles. The second-order valence-electron chi connectivity index (χ2n) is 1.76. The number of aliphatic imine (C=N–C) groups is 1. The zero-order chi connectivity index (χ0) is 5.98. The first-order valence-electron chi connectivity index (χ1n) is 2.54. The molecule has 44 valence electrons. The van der Waals surface area contributed by atoms with Crippen LogP contribution >= 0.6 is 0 Å². The highest BCUT2D eigenvalue weighted by Gasteiger charge is 2.00. The normalized spacial score (nSPS) is 27.6. The molecule has 3 nitrogen and oxygen atoms in total. The third-order valence-electron chi connectivity index (χ3n) is 0.981. The van der Waals surface area contributed by atoms with E-state index in [4.69, 9.17) is 11.5 Å². The van der Waals surface area contributed by atoms with Gasteiger partial charge in [0.2, 0.25) is 0 Å². The molecule has 8 heavy (non-hydrogen) atoms. The molecule has 3 heteroatoms. The molecule has 0 saturated carbocycles. The quantitative estimate of drug-likeness (QED) is 0.446. The van der Waals surface area contributed by atoms with E-state index in [1.807, 2.05) is 6.08 Å². The Morgan fingerprint density at radius 1 is 1.75 bits per heavy atom. The van der Waals surface area contributed by atoms with E-state index in [0.717, 1.165) is 6.42 Å². The van der Waals surface area contributed by atoms with Gasteiger partial charge in [-0.15, -0.1) is 0 Å². The second-order valence-corrected chi connectivity index (χ2v) is 1.76. The summed E-state index contributed by atoms with van der Waals surface area (Å²) in [6.07, 6.45) is 4.39. The first-order valence-corrected chi connectivity index (χ1v) is 2.54. The highest BCUT2D eigenvalue weighted by Crippen LogP contribution is 1.97. The van der Waals surface area contributed by atoms with Gasteiger partial charge in [-0.3, -0.25) is 0 Å². The van der Waals surface area contributed by atoms with E-state index in [2.05, 4.69) is 4.99 Å². The number of rotatable bonds is 0. The van der Waals surface area contributed by atoms with Crippen LogP contribution in [0.2, 0.25) is 0 Å². The molecular formula is C5H9N3. The largest absolute Gasteiger partial charge is 0.384 e. The molecule has 0 aromatic rings. The van der Waals surface area contributed by atoms with Gasteiger partial charge in [0.1, 0.15) is 12.0 Å². The molecule has 0 spiro atoms. The van der Waals surface area contributed by atoms with Crippen LogP contribution in [0.3, 0.4) is 0 Å². The lowest BCUT2D eigenvalue weighted by Crippen LogP contribution is -2.24. The second kappa shape index (κ2) is 1.96. The lowest BCUT2D eigenvalue weighted by Gasteiger charge is -2.06. The summed E-state index contributed by atoms with van der Waals surface area (Å²) in [5, 5.41) is 0. The Balaban J connectivity index is 2.63. The summed E-state index contributed by atoms with van der Waals surface area (Å²) in [5.41, 5.74) is 10.7. The standard InChI is InChI=1S/C5H9N3/c6-4-2-1-3-5(7)8-4/h1-2,5H,3,7H2,(H2,6,8). The highest BCUT2D eigenvalue weighted by atomic mass is 15.0. The Kier molecular flexibility index (Phi) is 1.30. The van der Waals surface area contributed by atoms with Crippen LogP contribution in [0.4, 0.5) is 0 Å². The molecule has 1 atom stereocenters. The lowest BCUT2D eigenvalue weighted by atomic mass is 10.2. The Labute approximate surface area is 48.1 Å². The first kappa shape index (κ1) is 5.31. The van der Waals surface area contributed by atoms with Crippen molar-refractivity contribution < 1.29 is 0 Å². The van der Waals surface area contributed by atoms with Gasteiger partial charge in [-0.25, -0.2) is 4.99 Å². The van der Waals surface area contributed by atoms with Crippen molar-refractivity contribution in [3.8, 4) is 0 Å². The fourth-order valence-electron chi connectivity index (χ4n) is 0.615. The summed E-state index contributed by atoms with van der Waals surface area (Å²) in [6.45, 7) is 0. The van der Waals surface area contributed by atoms with Gasteiger partial charge in [-0.2, -0.15) is 0 Å². The van der Waals surface area contributed by atoms with Gasteiger partial charge in [-0.1, -0.05) is 6.08 Å². The van der Waals surface area contributed by atoms with Crippen LogP contribution in [0.25, 0.3) is 0 Å². The van der Waals surface area contributed by atoms with Crippen LogP contribution < -0.4 is 11.5 Å². The fraction of sp³-hybridized carbons (Fsp3) is 0.400. The molecule has 1 aliphatic rings. The monoisotopic (exact) mass is 111 g/mol. The van der Waals surface area contributed by atoms with E-state index in [9.17, 15) is 0 Å². The summed E-state index contributed by atoms with van der Waals surface area (Å²) in [7, 11) is 0. The fourth-order valence-corrected chi connectivity index (χ4v) is 0.615. The molecule has 0 aliphatic carbocycles. The van der Waals surface area contributed by atoms with Crippen molar-refractivity contribution in [1.29, 1.82) is 0 Å². The van der Waals surface area contributed by atoms with Gasteiger partial charge in [0.15, 0.2) is 0 Å². The molecule has 0 fully saturated rings. The summed E-state index contributed by atoms with van der Waals surface area (Å²) >= 11 is 0.